The van der Waals surface area contributed by atoms with Crippen molar-refractivity contribution in [3.8, 4) is 0 Å². The zero-order valence-electron chi connectivity index (χ0n) is 10.5. The van der Waals surface area contributed by atoms with Crippen LogP contribution in [0.5, 0.6) is 0 Å². The van der Waals surface area contributed by atoms with E-state index in [1.54, 1.807) is 0 Å². The summed E-state index contributed by atoms with van der Waals surface area (Å²) < 4.78 is 39.0. The van der Waals surface area contributed by atoms with Gasteiger partial charge in [-0.1, -0.05) is 19.1 Å². The molecule has 1 N–H and O–H groups in total. The summed E-state index contributed by atoms with van der Waals surface area (Å²) in [5, 5.41) is 10.7. The van der Waals surface area contributed by atoms with Crippen LogP contribution in [0.4, 0.5) is 13.2 Å². The Labute approximate surface area is 117 Å². The molecule has 0 spiro atoms. The van der Waals surface area contributed by atoms with E-state index in [0.29, 0.717) is 22.6 Å². The molecule has 0 unspecified atom stereocenters. The van der Waals surface area contributed by atoms with Gasteiger partial charge < -0.3 is 0 Å². The Morgan fingerprint density at radius 1 is 1.35 bits per heavy atom. The van der Waals surface area contributed by atoms with E-state index in [-0.39, 0.29) is 0 Å². The van der Waals surface area contributed by atoms with E-state index in [1.165, 1.54) is 23.0 Å². The third-order valence-corrected chi connectivity index (χ3v) is 2.86. The summed E-state index contributed by atoms with van der Waals surface area (Å²) in [4.78, 5) is 0. The van der Waals surface area contributed by atoms with Crippen LogP contribution in [-0.4, -0.2) is 21.1 Å². The Morgan fingerprint density at radius 2 is 2.00 bits per heavy atom. The summed E-state index contributed by atoms with van der Waals surface area (Å²) in [6, 6.07) is 4.72. The number of nitrogens with zero attached hydrogens (tertiary/aromatic N) is 3. The first-order valence-electron chi connectivity index (χ1n) is 5.79. The van der Waals surface area contributed by atoms with Gasteiger partial charge in [0.2, 0.25) is 4.77 Å². The fourth-order valence-electron chi connectivity index (χ4n) is 1.55. The minimum absolute atomic E-state index is 0.338. The van der Waals surface area contributed by atoms with E-state index >= 15 is 0 Å². The second-order valence-corrected chi connectivity index (χ2v) is 4.36. The van der Waals surface area contributed by atoms with Crippen LogP contribution in [0.25, 0.3) is 0 Å². The van der Waals surface area contributed by atoms with E-state index in [4.69, 9.17) is 12.2 Å². The highest BCUT2D eigenvalue weighted by atomic mass is 32.1. The molecule has 0 radical (unpaired) electrons. The van der Waals surface area contributed by atoms with E-state index < -0.39 is 11.7 Å². The molecule has 1 aromatic carbocycles. The van der Waals surface area contributed by atoms with Crippen molar-refractivity contribution in [1.29, 1.82) is 0 Å². The number of aromatic nitrogens is 3. The lowest BCUT2D eigenvalue weighted by molar-refractivity contribution is -0.137. The molecule has 20 heavy (non-hydrogen) atoms. The molecule has 0 amide bonds. The zero-order valence-corrected chi connectivity index (χ0v) is 11.3. The lowest BCUT2D eigenvalue weighted by atomic mass is 10.1. The lowest BCUT2D eigenvalue weighted by Crippen LogP contribution is -2.04. The highest BCUT2D eigenvalue weighted by Crippen LogP contribution is 2.28. The van der Waals surface area contributed by atoms with Crippen molar-refractivity contribution >= 4 is 18.4 Å². The molecule has 0 fully saturated rings. The molecule has 1 heterocycles. The molecule has 2 aromatic rings. The number of alkyl halides is 3. The van der Waals surface area contributed by atoms with Crippen LogP contribution in [0.3, 0.4) is 0 Å². The largest absolute Gasteiger partial charge is 0.416 e. The fourth-order valence-corrected chi connectivity index (χ4v) is 1.75. The van der Waals surface area contributed by atoms with Crippen LogP contribution < -0.4 is 0 Å². The molecule has 4 nitrogen and oxygen atoms in total. The van der Waals surface area contributed by atoms with E-state index in [1.807, 2.05) is 6.92 Å². The number of benzene rings is 1. The van der Waals surface area contributed by atoms with Gasteiger partial charge in [0.1, 0.15) is 0 Å². The summed E-state index contributed by atoms with van der Waals surface area (Å²) >= 11 is 5.01. The zero-order chi connectivity index (χ0) is 14.8. The molecule has 0 saturated carbocycles. The van der Waals surface area contributed by atoms with Gasteiger partial charge in [-0.05, 0) is 29.9 Å². The average Bonchev–Trinajstić information content (AvgIpc) is 2.76. The normalized spacial score (nSPS) is 12.2. The predicted molar refractivity (Wildman–Crippen MR) is 71.2 cm³/mol. The highest BCUT2D eigenvalue weighted by Gasteiger charge is 2.29. The maximum absolute atomic E-state index is 12.4. The number of rotatable bonds is 3. The summed E-state index contributed by atoms with van der Waals surface area (Å²) in [5.41, 5.74) is -0.146. The van der Waals surface area contributed by atoms with Crippen molar-refractivity contribution in [1.82, 2.24) is 14.9 Å². The van der Waals surface area contributed by atoms with Crippen molar-refractivity contribution in [3.05, 3.63) is 46.0 Å². The molecule has 106 valence electrons. The Hall–Kier alpha value is -1.96. The third kappa shape index (κ3) is 3.13. The van der Waals surface area contributed by atoms with Crippen LogP contribution in [0.1, 0.15) is 23.9 Å². The Balaban J connectivity index is 2.24. The second kappa shape index (κ2) is 5.58. The molecular formula is C12H11F3N4S. The molecule has 0 aliphatic rings. The van der Waals surface area contributed by atoms with Gasteiger partial charge in [-0.25, -0.2) is 0 Å². The molecule has 0 bridgehead atoms. The maximum atomic E-state index is 12.4. The second-order valence-electron chi connectivity index (χ2n) is 3.97. The van der Waals surface area contributed by atoms with Crippen LogP contribution in [0, 0.1) is 4.77 Å². The summed E-state index contributed by atoms with van der Waals surface area (Å²) in [6.45, 7) is 1.90. The number of hydrogen-bond donors (Lipinski definition) is 1. The first kappa shape index (κ1) is 14.4. The fraction of sp³-hybridized carbons (Fsp3) is 0.250. The van der Waals surface area contributed by atoms with E-state index in [0.717, 1.165) is 12.1 Å². The number of H-pyrrole nitrogens is 1. The maximum Gasteiger partial charge on any atom is 0.416 e. The molecule has 8 heteroatoms. The van der Waals surface area contributed by atoms with Gasteiger partial charge in [-0.15, -0.1) is 0 Å². The van der Waals surface area contributed by atoms with Crippen molar-refractivity contribution in [2.24, 2.45) is 5.10 Å². The van der Waals surface area contributed by atoms with Crippen molar-refractivity contribution in [2.75, 3.05) is 0 Å². The monoisotopic (exact) mass is 300 g/mol. The molecule has 0 aliphatic carbocycles. The summed E-state index contributed by atoms with van der Waals surface area (Å²) in [7, 11) is 0. The van der Waals surface area contributed by atoms with Gasteiger partial charge in [0.25, 0.3) is 0 Å². The van der Waals surface area contributed by atoms with Crippen LogP contribution in [0.15, 0.2) is 29.4 Å². The van der Waals surface area contributed by atoms with Crippen molar-refractivity contribution in [3.63, 3.8) is 0 Å². The quantitative estimate of drug-likeness (QED) is 0.697. The Morgan fingerprint density at radius 3 is 2.55 bits per heavy atom. The van der Waals surface area contributed by atoms with Gasteiger partial charge in [0.15, 0.2) is 5.82 Å². The Bertz CT molecular complexity index is 667. The van der Waals surface area contributed by atoms with Gasteiger partial charge in [-0.3, -0.25) is 5.10 Å². The topological polar surface area (TPSA) is 46.0 Å². The molecule has 1 aromatic heterocycles. The number of hydrogen-bond acceptors (Lipinski definition) is 3. The lowest BCUT2D eigenvalue weighted by Gasteiger charge is -2.05. The van der Waals surface area contributed by atoms with Crippen LogP contribution >= 0.6 is 12.2 Å². The molecule has 0 saturated heterocycles. The first-order chi connectivity index (χ1) is 9.41. The van der Waals surface area contributed by atoms with Crippen molar-refractivity contribution in [2.45, 2.75) is 19.5 Å². The molecule has 0 aliphatic heterocycles. The third-order valence-electron chi connectivity index (χ3n) is 2.59. The summed E-state index contributed by atoms with van der Waals surface area (Å²) in [6.07, 6.45) is -2.26. The first-order valence-corrected chi connectivity index (χ1v) is 6.20. The number of aryl methyl sites for hydroxylation is 1. The molecule has 2 rings (SSSR count). The van der Waals surface area contributed by atoms with Gasteiger partial charge in [0.05, 0.1) is 11.8 Å². The van der Waals surface area contributed by atoms with Crippen LogP contribution in [-0.2, 0) is 12.6 Å². The van der Waals surface area contributed by atoms with Crippen LogP contribution in [0.2, 0.25) is 0 Å². The SMILES string of the molecule is CCc1n[nH]c(=S)n1N=Cc1ccc(C(F)(F)F)cc1. The number of nitrogens with one attached hydrogen (secondary N) is 1. The van der Waals surface area contributed by atoms with Gasteiger partial charge >= 0.3 is 6.18 Å². The van der Waals surface area contributed by atoms with Gasteiger partial charge in [-0.2, -0.15) is 28.0 Å². The highest BCUT2D eigenvalue weighted by molar-refractivity contribution is 7.71. The summed E-state index contributed by atoms with van der Waals surface area (Å²) in [5.74, 6) is 0.651. The molecular weight excluding hydrogens is 289 g/mol. The smallest absolute Gasteiger partial charge is 0.250 e. The standard InChI is InChI=1S/C12H11F3N4S/c1-2-10-17-18-11(20)19(10)16-7-8-3-5-9(6-4-8)12(13,14)15/h3-7H,2H2,1H3,(H,18,20). The Kier molecular flexibility index (Phi) is 4.03. The van der Waals surface area contributed by atoms with Gasteiger partial charge in [0, 0.05) is 6.42 Å². The number of halogens is 3. The minimum atomic E-state index is -4.34. The predicted octanol–water partition coefficient (Wildman–Crippen LogP) is 3.40. The number of aromatic amines is 1. The van der Waals surface area contributed by atoms with E-state index in [2.05, 4.69) is 15.3 Å². The van der Waals surface area contributed by atoms with Crippen molar-refractivity contribution < 1.29 is 13.2 Å². The average molecular weight is 300 g/mol. The van der Waals surface area contributed by atoms with E-state index in [9.17, 15) is 13.2 Å². The minimum Gasteiger partial charge on any atom is -0.250 e. The molecule has 0 atom stereocenters.